The van der Waals surface area contributed by atoms with Crippen LogP contribution in [0.3, 0.4) is 0 Å². The van der Waals surface area contributed by atoms with Crippen LogP contribution in [0.15, 0.2) is 48.5 Å². The van der Waals surface area contributed by atoms with E-state index < -0.39 is 23.9 Å². The molecule has 0 aliphatic heterocycles. The molecule has 1 N–H and O–H groups in total. The van der Waals surface area contributed by atoms with E-state index in [2.05, 4.69) is 5.32 Å². The zero-order valence-electron chi connectivity index (χ0n) is 17.2. The van der Waals surface area contributed by atoms with Gasteiger partial charge in [-0.2, -0.15) is 0 Å². The second-order valence-corrected chi connectivity index (χ2v) is 7.99. The van der Waals surface area contributed by atoms with Gasteiger partial charge in [0, 0.05) is 5.92 Å². The molecule has 0 spiro atoms. The molecule has 0 saturated heterocycles. The van der Waals surface area contributed by atoms with E-state index in [1.807, 2.05) is 48.5 Å². The summed E-state index contributed by atoms with van der Waals surface area (Å²) in [5.41, 5.74) is 3.71. The third-order valence-electron chi connectivity index (χ3n) is 4.58. The lowest BCUT2D eigenvalue weighted by atomic mass is 9.98. The largest absolute Gasteiger partial charge is 0.508 e. The Labute approximate surface area is 175 Å². The zero-order valence-corrected chi connectivity index (χ0v) is 17.2. The maximum atomic E-state index is 12.2. The Balaban J connectivity index is 1.55. The minimum atomic E-state index is -1.03. The highest BCUT2D eigenvalue weighted by Crippen LogP contribution is 2.44. The van der Waals surface area contributed by atoms with E-state index in [4.69, 9.17) is 14.2 Å². The maximum Gasteiger partial charge on any atom is 0.508 e. The van der Waals surface area contributed by atoms with Gasteiger partial charge >= 0.3 is 12.2 Å². The van der Waals surface area contributed by atoms with Gasteiger partial charge in [0.05, 0.1) is 0 Å². The average molecular weight is 411 g/mol. The standard InChI is InChI=1S/C23H25NO6/c1-23(2,3)30-22(27)29-13-15(12-25)24-21(26)28-14-20-18-10-6-4-8-16(18)17-9-5-7-11-19(17)20/h4-12,15,20H,13-14H2,1-3H3,(H,24,26)/t15-/m1/s1. The molecule has 1 atom stereocenters. The number of rotatable bonds is 6. The van der Waals surface area contributed by atoms with Crippen molar-refractivity contribution in [3.8, 4) is 11.1 Å². The van der Waals surface area contributed by atoms with Gasteiger partial charge in [0.2, 0.25) is 0 Å². The molecule has 7 nitrogen and oxygen atoms in total. The Kier molecular flexibility index (Phi) is 6.40. The number of fused-ring (bicyclic) bond motifs is 3. The summed E-state index contributed by atoms with van der Waals surface area (Å²) < 4.78 is 15.3. The van der Waals surface area contributed by atoms with E-state index in [0.29, 0.717) is 6.29 Å². The minimum Gasteiger partial charge on any atom is -0.449 e. The monoisotopic (exact) mass is 411 g/mol. The highest BCUT2D eigenvalue weighted by atomic mass is 16.7. The van der Waals surface area contributed by atoms with Gasteiger partial charge in [-0.3, -0.25) is 0 Å². The normalized spacial score (nSPS) is 13.6. The number of nitrogens with one attached hydrogen (secondary N) is 1. The quantitative estimate of drug-likeness (QED) is 0.570. The van der Waals surface area contributed by atoms with Gasteiger partial charge in [-0.15, -0.1) is 0 Å². The summed E-state index contributed by atoms with van der Waals surface area (Å²) >= 11 is 0. The summed E-state index contributed by atoms with van der Waals surface area (Å²) in [6.07, 6.45) is -1.20. The van der Waals surface area contributed by atoms with Crippen LogP contribution in [-0.4, -0.2) is 43.4 Å². The number of carbonyl (C=O) groups excluding carboxylic acids is 3. The van der Waals surface area contributed by atoms with E-state index in [1.165, 1.54) is 0 Å². The van der Waals surface area contributed by atoms with Gasteiger partial charge in [-0.25, -0.2) is 9.59 Å². The first kappa shape index (κ1) is 21.4. The van der Waals surface area contributed by atoms with Crippen LogP contribution in [-0.2, 0) is 19.0 Å². The molecule has 0 saturated carbocycles. The van der Waals surface area contributed by atoms with Crippen LogP contribution in [0.4, 0.5) is 9.59 Å². The summed E-state index contributed by atoms with van der Waals surface area (Å²) in [5, 5.41) is 2.39. The van der Waals surface area contributed by atoms with E-state index in [-0.39, 0.29) is 19.1 Å². The molecule has 0 bridgehead atoms. The fraction of sp³-hybridized carbons (Fsp3) is 0.348. The molecule has 1 aliphatic carbocycles. The third-order valence-corrected chi connectivity index (χ3v) is 4.58. The van der Waals surface area contributed by atoms with E-state index in [0.717, 1.165) is 22.3 Å². The number of carbonyl (C=O) groups is 3. The van der Waals surface area contributed by atoms with Crippen molar-refractivity contribution in [3.63, 3.8) is 0 Å². The first-order valence-corrected chi connectivity index (χ1v) is 9.71. The molecule has 0 heterocycles. The number of alkyl carbamates (subject to hydrolysis) is 1. The number of ether oxygens (including phenoxy) is 3. The minimum absolute atomic E-state index is 0.0872. The summed E-state index contributed by atoms with van der Waals surface area (Å²) in [6, 6.07) is 15.0. The molecule has 2 aromatic carbocycles. The van der Waals surface area contributed by atoms with Gasteiger partial charge in [0.15, 0.2) is 0 Å². The maximum absolute atomic E-state index is 12.2. The SMILES string of the molecule is CC(C)(C)OC(=O)OC[C@@H](C=O)NC(=O)OCC1c2ccccc2-c2ccccc21. The summed E-state index contributed by atoms with van der Waals surface area (Å²) in [7, 11) is 0. The molecule has 1 aliphatic rings. The van der Waals surface area contributed by atoms with Crippen molar-refractivity contribution in [2.75, 3.05) is 13.2 Å². The Morgan fingerprint density at radius 2 is 1.57 bits per heavy atom. The Hall–Kier alpha value is -3.35. The topological polar surface area (TPSA) is 90.9 Å². The molecule has 7 heteroatoms. The number of benzene rings is 2. The number of amides is 1. The molecule has 0 aromatic heterocycles. The van der Waals surface area contributed by atoms with E-state index in [9.17, 15) is 14.4 Å². The fourth-order valence-electron chi connectivity index (χ4n) is 3.34. The van der Waals surface area contributed by atoms with Crippen LogP contribution < -0.4 is 5.32 Å². The van der Waals surface area contributed by atoms with Crippen molar-refractivity contribution >= 4 is 18.5 Å². The highest BCUT2D eigenvalue weighted by Gasteiger charge is 2.29. The summed E-state index contributed by atoms with van der Waals surface area (Å²) in [5.74, 6) is -0.0872. The molecule has 2 aromatic rings. The average Bonchev–Trinajstić information content (AvgIpc) is 3.02. The second-order valence-electron chi connectivity index (χ2n) is 7.99. The van der Waals surface area contributed by atoms with Crippen LogP contribution in [0.1, 0.15) is 37.8 Å². The van der Waals surface area contributed by atoms with Gasteiger partial charge in [0.1, 0.15) is 31.1 Å². The molecule has 1 amide bonds. The van der Waals surface area contributed by atoms with Crippen LogP contribution >= 0.6 is 0 Å². The van der Waals surface area contributed by atoms with Crippen LogP contribution in [0.2, 0.25) is 0 Å². The predicted molar refractivity (Wildman–Crippen MR) is 110 cm³/mol. The molecule has 3 rings (SSSR count). The number of hydrogen-bond acceptors (Lipinski definition) is 6. The second kappa shape index (κ2) is 8.98. The fourth-order valence-corrected chi connectivity index (χ4v) is 3.34. The van der Waals surface area contributed by atoms with Crippen molar-refractivity contribution in [1.82, 2.24) is 5.32 Å². The molecular weight excluding hydrogens is 386 g/mol. The smallest absolute Gasteiger partial charge is 0.449 e. The Bertz CT molecular complexity index is 888. The predicted octanol–water partition coefficient (Wildman–Crippen LogP) is 4.04. The first-order valence-electron chi connectivity index (χ1n) is 9.71. The Morgan fingerprint density at radius 1 is 1.00 bits per heavy atom. The molecule has 30 heavy (non-hydrogen) atoms. The molecule has 158 valence electrons. The van der Waals surface area contributed by atoms with Crippen molar-refractivity contribution in [2.24, 2.45) is 0 Å². The van der Waals surface area contributed by atoms with Crippen LogP contribution in [0.25, 0.3) is 11.1 Å². The van der Waals surface area contributed by atoms with E-state index >= 15 is 0 Å². The molecule has 0 fully saturated rings. The van der Waals surface area contributed by atoms with Crippen molar-refractivity contribution in [3.05, 3.63) is 59.7 Å². The van der Waals surface area contributed by atoms with Crippen molar-refractivity contribution in [1.29, 1.82) is 0 Å². The molecule has 0 unspecified atom stereocenters. The van der Waals surface area contributed by atoms with Gasteiger partial charge < -0.3 is 24.3 Å². The lowest BCUT2D eigenvalue weighted by molar-refractivity contribution is -0.110. The Morgan fingerprint density at radius 3 is 2.10 bits per heavy atom. The lowest BCUT2D eigenvalue weighted by Gasteiger charge is -2.20. The molecule has 0 radical (unpaired) electrons. The van der Waals surface area contributed by atoms with Crippen LogP contribution in [0, 0.1) is 0 Å². The van der Waals surface area contributed by atoms with Gasteiger partial charge in [-0.1, -0.05) is 48.5 Å². The highest BCUT2D eigenvalue weighted by molar-refractivity contribution is 5.79. The van der Waals surface area contributed by atoms with Crippen molar-refractivity contribution < 1.29 is 28.6 Å². The van der Waals surface area contributed by atoms with Gasteiger partial charge in [-0.05, 0) is 43.0 Å². The number of hydrogen-bond donors (Lipinski definition) is 1. The van der Waals surface area contributed by atoms with Crippen molar-refractivity contribution in [2.45, 2.75) is 38.3 Å². The number of aldehydes is 1. The zero-order chi connectivity index (χ0) is 21.7. The lowest BCUT2D eigenvalue weighted by Crippen LogP contribution is -2.41. The summed E-state index contributed by atoms with van der Waals surface area (Å²) in [4.78, 5) is 35.0. The van der Waals surface area contributed by atoms with E-state index in [1.54, 1.807) is 20.8 Å². The van der Waals surface area contributed by atoms with Crippen LogP contribution in [0.5, 0.6) is 0 Å². The first-order chi connectivity index (χ1) is 14.3. The third kappa shape index (κ3) is 5.17. The molecular formula is C23H25NO6. The summed E-state index contributed by atoms with van der Waals surface area (Å²) in [6.45, 7) is 4.86. The van der Waals surface area contributed by atoms with Gasteiger partial charge in [0.25, 0.3) is 0 Å².